The Morgan fingerprint density at radius 3 is 2.30 bits per heavy atom. The SMILES string of the molecule is Cc1nn(C)c(C)c1NC(=O)C(C)N1CCC(CN2CCCCCC2)CC1. The lowest BCUT2D eigenvalue weighted by Crippen LogP contribution is -2.47. The van der Waals surface area contributed by atoms with E-state index >= 15 is 0 Å². The van der Waals surface area contributed by atoms with Crippen molar-refractivity contribution in [3.8, 4) is 0 Å². The number of aryl methyl sites for hydroxylation is 2. The number of carbonyl (C=O) groups is 1. The molecule has 6 heteroatoms. The van der Waals surface area contributed by atoms with Gasteiger partial charge in [-0.05, 0) is 78.6 Å². The molecule has 2 aliphatic heterocycles. The molecule has 6 nitrogen and oxygen atoms in total. The molecule has 27 heavy (non-hydrogen) atoms. The minimum absolute atomic E-state index is 0.0835. The number of amides is 1. The molecule has 2 saturated heterocycles. The fourth-order valence-corrected chi connectivity index (χ4v) is 4.55. The van der Waals surface area contributed by atoms with Crippen molar-refractivity contribution < 1.29 is 4.79 Å². The largest absolute Gasteiger partial charge is 0.322 e. The first-order chi connectivity index (χ1) is 13.0. The van der Waals surface area contributed by atoms with E-state index in [9.17, 15) is 4.79 Å². The monoisotopic (exact) mass is 375 g/mol. The summed E-state index contributed by atoms with van der Waals surface area (Å²) in [5.41, 5.74) is 2.75. The number of piperidine rings is 1. The number of carbonyl (C=O) groups excluding carboxylic acids is 1. The van der Waals surface area contributed by atoms with Gasteiger partial charge in [-0.3, -0.25) is 14.4 Å². The molecular formula is C21H37N5O. The van der Waals surface area contributed by atoms with Crippen LogP contribution in [0.15, 0.2) is 0 Å². The van der Waals surface area contributed by atoms with Gasteiger partial charge in [0.2, 0.25) is 5.91 Å². The summed E-state index contributed by atoms with van der Waals surface area (Å²) in [6.45, 7) is 11.8. The molecule has 1 aromatic rings. The first-order valence-electron chi connectivity index (χ1n) is 10.7. The molecule has 0 aromatic carbocycles. The van der Waals surface area contributed by atoms with Gasteiger partial charge in [0.1, 0.15) is 0 Å². The minimum atomic E-state index is -0.0943. The standard InChI is InChI=1S/C21H37N5O/c1-16-20(17(2)24(4)23-16)22-21(27)18(3)26-13-9-19(10-14-26)15-25-11-7-5-6-8-12-25/h18-19H,5-15H2,1-4H3,(H,22,27). The predicted octanol–water partition coefficient (Wildman–Crippen LogP) is 2.95. The molecule has 0 saturated carbocycles. The number of nitrogens with zero attached hydrogens (tertiary/aromatic N) is 4. The van der Waals surface area contributed by atoms with Crippen LogP contribution in [-0.2, 0) is 11.8 Å². The van der Waals surface area contributed by atoms with Crippen molar-refractivity contribution in [3.63, 3.8) is 0 Å². The number of aromatic nitrogens is 2. The Labute approximate surface area is 164 Å². The smallest absolute Gasteiger partial charge is 0.241 e. The summed E-state index contributed by atoms with van der Waals surface area (Å²) >= 11 is 0. The third-order valence-corrected chi connectivity index (χ3v) is 6.55. The lowest BCUT2D eigenvalue weighted by molar-refractivity contribution is -0.121. The van der Waals surface area contributed by atoms with Crippen LogP contribution in [0.2, 0.25) is 0 Å². The van der Waals surface area contributed by atoms with Crippen LogP contribution < -0.4 is 5.32 Å². The van der Waals surface area contributed by atoms with Gasteiger partial charge in [-0.1, -0.05) is 12.8 Å². The average molecular weight is 376 g/mol. The lowest BCUT2D eigenvalue weighted by Gasteiger charge is -2.37. The maximum Gasteiger partial charge on any atom is 0.241 e. The number of hydrogen-bond acceptors (Lipinski definition) is 4. The Kier molecular flexibility index (Phi) is 6.93. The van der Waals surface area contributed by atoms with Crippen LogP contribution in [0.25, 0.3) is 0 Å². The number of nitrogens with one attached hydrogen (secondary N) is 1. The third kappa shape index (κ3) is 5.11. The van der Waals surface area contributed by atoms with Crippen molar-refractivity contribution in [2.75, 3.05) is 38.0 Å². The Morgan fingerprint density at radius 2 is 1.74 bits per heavy atom. The Morgan fingerprint density at radius 1 is 1.11 bits per heavy atom. The fraction of sp³-hybridized carbons (Fsp3) is 0.810. The van der Waals surface area contributed by atoms with E-state index in [0.717, 1.165) is 36.1 Å². The van der Waals surface area contributed by atoms with Crippen LogP contribution in [0.1, 0.15) is 56.8 Å². The molecule has 0 bridgehead atoms. The van der Waals surface area contributed by atoms with Crippen molar-refractivity contribution in [2.24, 2.45) is 13.0 Å². The summed E-state index contributed by atoms with van der Waals surface area (Å²) in [6, 6.07) is -0.0943. The molecule has 3 rings (SSSR count). The van der Waals surface area contributed by atoms with Gasteiger partial charge in [0.05, 0.1) is 23.1 Å². The van der Waals surface area contributed by atoms with Gasteiger partial charge in [0, 0.05) is 13.6 Å². The third-order valence-electron chi connectivity index (χ3n) is 6.55. The van der Waals surface area contributed by atoms with E-state index in [1.807, 2.05) is 32.5 Å². The quantitative estimate of drug-likeness (QED) is 0.860. The first-order valence-corrected chi connectivity index (χ1v) is 10.7. The first kappa shape index (κ1) is 20.3. The van der Waals surface area contributed by atoms with Crippen LogP contribution >= 0.6 is 0 Å². The highest BCUT2D eigenvalue weighted by Gasteiger charge is 2.28. The predicted molar refractivity (Wildman–Crippen MR) is 110 cm³/mol. The van der Waals surface area contributed by atoms with E-state index in [2.05, 4.69) is 20.2 Å². The highest BCUT2D eigenvalue weighted by atomic mass is 16.2. The average Bonchev–Trinajstić information content (AvgIpc) is 2.86. The maximum atomic E-state index is 12.8. The van der Waals surface area contributed by atoms with E-state index in [0.29, 0.717) is 0 Å². The Hall–Kier alpha value is -1.40. The summed E-state index contributed by atoms with van der Waals surface area (Å²) in [4.78, 5) is 17.8. The van der Waals surface area contributed by atoms with E-state index in [1.165, 1.54) is 58.2 Å². The topological polar surface area (TPSA) is 53.4 Å². The minimum Gasteiger partial charge on any atom is -0.322 e. The number of anilines is 1. The zero-order valence-electron chi connectivity index (χ0n) is 17.6. The molecule has 2 aliphatic rings. The summed E-state index contributed by atoms with van der Waals surface area (Å²) in [5.74, 6) is 0.873. The molecule has 0 spiro atoms. The number of likely N-dealkylation sites (tertiary alicyclic amines) is 2. The van der Waals surface area contributed by atoms with E-state index < -0.39 is 0 Å². The van der Waals surface area contributed by atoms with Gasteiger partial charge in [0.15, 0.2) is 0 Å². The van der Waals surface area contributed by atoms with Crippen molar-refractivity contribution in [2.45, 2.75) is 65.3 Å². The van der Waals surface area contributed by atoms with Crippen molar-refractivity contribution in [1.29, 1.82) is 0 Å². The van der Waals surface area contributed by atoms with Crippen LogP contribution in [0.5, 0.6) is 0 Å². The van der Waals surface area contributed by atoms with Gasteiger partial charge < -0.3 is 10.2 Å². The maximum absolute atomic E-state index is 12.8. The zero-order chi connectivity index (χ0) is 19.4. The molecule has 1 amide bonds. The van der Waals surface area contributed by atoms with Gasteiger partial charge in [-0.2, -0.15) is 5.10 Å². The van der Waals surface area contributed by atoms with Crippen LogP contribution in [0, 0.1) is 19.8 Å². The van der Waals surface area contributed by atoms with Crippen LogP contribution in [-0.4, -0.2) is 64.3 Å². The molecule has 152 valence electrons. The Bertz CT molecular complexity index is 625. The molecule has 0 aliphatic carbocycles. The summed E-state index contributed by atoms with van der Waals surface area (Å²) in [7, 11) is 1.91. The second-order valence-electron chi connectivity index (χ2n) is 8.53. The molecule has 1 aromatic heterocycles. The van der Waals surface area contributed by atoms with Crippen molar-refractivity contribution in [1.82, 2.24) is 19.6 Å². The van der Waals surface area contributed by atoms with Gasteiger partial charge in [0.25, 0.3) is 0 Å². The number of rotatable bonds is 5. The summed E-state index contributed by atoms with van der Waals surface area (Å²) in [6.07, 6.45) is 7.94. The van der Waals surface area contributed by atoms with E-state index in [-0.39, 0.29) is 11.9 Å². The summed E-state index contributed by atoms with van der Waals surface area (Å²) < 4.78 is 1.82. The molecule has 3 heterocycles. The second kappa shape index (κ2) is 9.20. The second-order valence-corrected chi connectivity index (χ2v) is 8.53. The highest BCUT2D eigenvalue weighted by Crippen LogP contribution is 2.23. The molecule has 1 N–H and O–H groups in total. The van der Waals surface area contributed by atoms with Crippen LogP contribution in [0.3, 0.4) is 0 Å². The molecule has 1 unspecified atom stereocenters. The number of hydrogen-bond donors (Lipinski definition) is 1. The Balaban J connectivity index is 1.47. The fourth-order valence-electron chi connectivity index (χ4n) is 4.55. The molecular weight excluding hydrogens is 338 g/mol. The zero-order valence-corrected chi connectivity index (χ0v) is 17.6. The molecule has 0 radical (unpaired) electrons. The van der Waals surface area contributed by atoms with Crippen molar-refractivity contribution >= 4 is 11.6 Å². The summed E-state index contributed by atoms with van der Waals surface area (Å²) in [5, 5.41) is 7.50. The molecule has 1 atom stereocenters. The highest BCUT2D eigenvalue weighted by molar-refractivity contribution is 5.95. The van der Waals surface area contributed by atoms with E-state index in [1.54, 1.807) is 0 Å². The van der Waals surface area contributed by atoms with E-state index in [4.69, 9.17) is 0 Å². The van der Waals surface area contributed by atoms with Gasteiger partial charge in [-0.25, -0.2) is 0 Å². The van der Waals surface area contributed by atoms with Gasteiger partial charge in [-0.15, -0.1) is 0 Å². The molecule has 2 fully saturated rings. The normalized spacial score (nSPS) is 21.8. The lowest BCUT2D eigenvalue weighted by atomic mass is 9.95. The van der Waals surface area contributed by atoms with Gasteiger partial charge >= 0.3 is 0 Å². The van der Waals surface area contributed by atoms with Crippen LogP contribution in [0.4, 0.5) is 5.69 Å². The van der Waals surface area contributed by atoms with Crippen molar-refractivity contribution in [3.05, 3.63) is 11.4 Å².